The van der Waals surface area contributed by atoms with E-state index in [9.17, 15) is 0 Å². The lowest BCUT2D eigenvalue weighted by Crippen LogP contribution is -2.26. The highest BCUT2D eigenvalue weighted by Crippen LogP contribution is 2.42. The maximum absolute atomic E-state index is 2.35. The van der Waals surface area contributed by atoms with E-state index < -0.39 is 0 Å². The van der Waals surface area contributed by atoms with E-state index >= 15 is 0 Å². The van der Waals surface area contributed by atoms with E-state index in [1.165, 1.54) is 25.7 Å². The Morgan fingerprint density at radius 1 is 1.09 bits per heavy atom. The third-order valence-electron chi connectivity index (χ3n) is 2.81. The van der Waals surface area contributed by atoms with E-state index in [0.717, 1.165) is 11.8 Å². The van der Waals surface area contributed by atoms with Gasteiger partial charge >= 0.3 is 0 Å². The molecule has 0 aliphatic heterocycles. The minimum atomic E-state index is 0.559. The summed E-state index contributed by atoms with van der Waals surface area (Å²) < 4.78 is 0. The molecule has 0 N–H and O–H groups in total. The lowest BCUT2D eigenvalue weighted by molar-refractivity contribution is 0.132. The van der Waals surface area contributed by atoms with Crippen LogP contribution in [-0.2, 0) is 0 Å². The van der Waals surface area contributed by atoms with E-state index in [2.05, 4.69) is 27.7 Å². The van der Waals surface area contributed by atoms with Gasteiger partial charge in [0.15, 0.2) is 0 Å². The SMILES string of the molecule is CCC1CC(CC(C)(C)C)C1. The summed E-state index contributed by atoms with van der Waals surface area (Å²) in [6, 6.07) is 0. The predicted molar refractivity (Wildman–Crippen MR) is 50.6 cm³/mol. The molecule has 0 spiro atoms. The van der Waals surface area contributed by atoms with Crippen LogP contribution in [0.25, 0.3) is 0 Å². The van der Waals surface area contributed by atoms with Crippen molar-refractivity contribution in [2.24, 2.45) is 17.3 Å². The summed E-state index contributed by atoms with van der Waals surface area (Å²) in [6.45, 7) is 9.38. The van der Waals surface area contributed by atoms with Gasteiger partial charge in [-0.3, -0.25) is 0 Å². The van der Waals surface area contributed by atoms with Crippen LogP contribution in [0, 0.1) is 17.3 Å². The molecule has 0 bridgehead atoms. The topological polar surface area (TPSA) is 0 Å². The Morgan fingerprint density at radius 3 is 2.00 bits per heavy atom. The second-order valence-corrected chi connectivity index (χ2v) is 5.38. The van der Waals surface area contributed by atoms with Gasteiger partial charge in [0.25, 0.3) is 0 Å². The molecular weight excluding hydrogens is 132 g/mol. The zero-order chi connectivity index (χ0) is 8.48. The fourth-order valence-corrected chi connectivity index (χ4v) is 2.24. The van der Waals surface area contributed by atoms with Gasteiger partial charge in [0.1, 0.15) is 0 Å². The van der Waals surface area contributed by atoms with Crippen molar-refractivity contribution in [1.29, 1.82) is 0 Å². The Morgan fingerprint density at radius 2 is 1.64 bits per heavy atom. The highest BCUT2D eigenvalue weighted by atomic mass is 14.4. The zero-order valence-corrected chi connectivity index (χ0v) is 8.48. The third kappa shape index (κ3) is 2.84. The fourth-order valence-electron chi connectivity index (χ4n) is 2.24. The molecule has 0 aromatic rings. The van der Waals surface area contributed by atoms with E-state index in [-0.39, 0.29) is 0 Å². The van der Waals surface area contributed by atoms with Crippen LogP contribution in [0.1, 0.15) is 53.4 Å². The number of rotatable bonds is 2. The smallest absolute Gasteiger partial charge is 0.0380 e. The van der Waals surface area contributed by atoms with Gasteiger partial charge in [0, 0.05) is 0 Å². The molecule has 0 radical (unpaired) electrons. The average Bonchev–Trinajstić information content (AvgIpc) is 1.75. The molecule has 0 aromatic heterocycles. The van der Waals surface area contributed by atoms with E-state index in [4.69, 9.17) is 0 Å². The molecule has 1 aliphatic rings. The van der Waals surface area contributed by atoms with Gasteiger partial charge in [-0.05, 0) is 36.5 Å². The Labute approximate surface area is 71.4 Å². The standard InChI is InChI=1S/C11H22/c1-5-9-6-10(7-9)8-11(2,3)4/h9-10H,5-8H2,1-4H3. The Bertz CT molecular complexity index is 112. The normalized spacial score (nSPS) is 31.6. The highest BCUT2D eigenvalue weighted by molar-refractivity contribution is 4.81. The van der Waals surface area contributed by atoms with E-state index in [1.54, 1.807) is 0 Å². The van der Waals surface area contributed by atoms with Gasteiger partial charge in [-0.2, -0.15) is 0 Å². The quantitative estimate of drug-likeness (QED) is 0.566. The van der Waals surface area contributed by atoms with Crippen LogP contribution in [0.3, 0.4) is 0 Å². The van der Waals surface area contributed by atoms with Crippen LogP contribution in [0.4, 0.5) is 0 Å². The molecule has 0 atom stereocenters. The maximum Gasteiger partial charge on any atom is -0.0380 e. The van der Waals surface area contributed by atoms with Gasteiger partial charge in [0.05, 0.1) is 0 Å². The van der Waals surface area contributed by atoms with Crippen molar-refractivity contribution in [1.82, 2.24) is 0 Å². The first-order chi connectivity index (χ1) is 5.01. The molecule has 0 saturated heterocycles. The first-order valence-corrected chi connectivity index (χ1v) is 5.01. The molecule has 0 unspecified atom stereocenters. The van der Waals surface area contributed by atoms with Crippen molar-refractivity contribution >= 4 is 0 Å². The van der Waals surface area contributed by atoms with Crippen LogP contribution >= 0.6 is 0 Å². The van der Waals surface area contributed by atoms with Crippen LogP contribution in [0.2, 0.25) is 0 Å². The molecule has 1 saturated carbocycles. The largest absolute Gasteiger partial charge is 0.0651 e. The van der Waals surface area contributed by atoms with Crippen LogP contribution in [-0.4, -0.2) is 0 Å². The molecule has 0 nitrogen and oxygen atoms in total. The van der Waals surface area contributed by atoms with Crippen molar-refractivity contribution in [3.8, 4) is 0 Å². The average molecular weight is 154 g/mol. The lowest BCUT2D eigenvalue weighted by Gasteiger charge is -2.38. The number of hydrogen-bond acceptors (Lipinski definition) is 0. The van der Waals surface area contributed by atoms with Crippen LogP contribution in [0.15, 0.2) is 0 Å². The van der Waals surface area contributed by atoms with Crippen LogP contribution in [0.5, 0.6) is 0 Å². The zero-order valence-electron chi connectivity index (χ0n) is 8.48. The molecule has 0 heteroatoms. The fraction of sp³-hybridized carbons (Fsp3) is 1.00. The Hall–Kier alpha value is 0. The van der Waals surface area contributed by atoms with Crippen LogP contribution < -0.4 is 0 Å². The first-order valence-electron chi connectivity index (χ1n) is 5.01. The molecule has 0 amide bonds. The molecule has 1 rings (SSSR count). The van der Waals surface area contributed by atoms with Gasteiger partial charge in [-0.1, -0.05) is 34.1 Å². The van der Waals surface area contributed by atoms with Gasteiger partial charge in [-0.25, -0.2) is 0 Å². The predicted octanol–water partition coefficient (Wildman–Crippen LogP) is 3.86. The highest BCUT2D eigenvalue weighted by Gasteiger charge is 2.30. The summed E-state index contributed by atoms with van der Waals surface area (Å²) in [5, 5.41) is 0. The summed E-state index contributed by atoms with van der Waals surface area (Å²) in [5.74, 6) is 2.13. The minimum Gasteiger partial charge on any atom is -0.0651 e. The molecule has 0 aromatic carbocycles. The monoisotopic (exact) mass is 154 g/mol. The van der Waals surface area contributed by atoms with Crippen molar-refractivity contribution in [3.05, 3.63) is 0 Å². The molecule has 66 valence electrons. The van der Waals surface area contributed by atoms with E-state index in [1.807, 2.05) is 0 Å². The van der Waals surface area contributed by atoms with Crippen molar-refractivity contribution in [2.75, 3.05) is 0 Å². The van der Waals surface area contributed by atoms with Gasteiger partial charge in [0.2, 0.25) is 0 Å². The second kappa shape index (κ2) is 3.16. The molecular formula is C11H22. The second-order valence-electron chi connectivity index (χ2n) is 5.38. The number of hydrogen-bond donors (Lipinski definition) is 0. The molecule has 1 aliphatic carbocycles. The van der Waals surface area contributed by atoms with Crippen molar-refractivity contribution in [2.45, 2.75) is 53.4 Å². The molecule has 11 heavy (non-hydrogen) atoms. The lowest BCUT2D eigenvalue weighted by atomic mass is 9.67. The molecule has 1 fully saturated rings. The van der Waals surface area contributed by atoms with Gasteiger partial charge < -0.3 is 0 Å². The summed E-state index contributed by atoms with van der Waals surface area (Å²) in [6.07, 6.45) is 5.85. The minimum absolute atomic E-state index is 0.559. The summed E-state index contributed by atoms with van der Waals surface area (Å²) >= 11 is 0. The Kier molecular flexibility index (Phi) is 2.61. The Balaban J connectivity index is 2.14. The van der Waals surface area contributed by atoms with E-state index in [0.29, 0.717) is 5.41 Å². The first kappa shape index (κ1) is 9.09. The summed E-state index contributed by atoms with van der Waals surface area (Å²) in [7, 11) is 0. The van der Waals surface area contributed by atoms with Crippen molar-refractivity contribution < 1.29 is 0 Å². The third-order valence-corrected chi connectivity index (χ3v) is 2.81. The maximum atomic E-state index is 2.35. The van der Waals surface area contributed by atoms with Gasteiger partial charge in [-0.15, -0.1) is 0 Å². The van der Waals surface area contributed by atoms with Crippen molar-refractivity contribution in [3.63, 3.8) is 0 Å². The summed E-state index contributed by atoms with van der Waals surface area (Å²) in [5.41, 5.74) is 0.559. The summed E-state index contributed by atoms with van der Waals surface area (Å²) in [4.78, 5) is 0. The molecule has 0 heterocycles.